The third-order valence-corrected chi connectivity index (χ3v) is 3.98. The molecule has 0 radical (unpaired) electrons. The van der Waals surface area contributed by atoms with Crippen molar-refractivity contribution in [3.63, 3.8) is 0 Å². The zero-order valence-corrected chi connectivity index (χ0v) is 9.44. The molecule has 4 heteroatoms. The molecule has 2 bridgehead atoms. The number of hydrogen-bond donors (Lipinski definition) is 2. The standard InChI is InChI=1S/C13H15FN2O/c14-10-3-1-2-4-11(10)15-12-8-5-6-9(7-8)13(12)16-17/h1-4,8-9,12,15,17H,5-7H2. The molecule has 1 aromatic rings. The minimum absolute atomic E-state index is 0.00403. The van der Waals surface area contributed by atoms with Gasteiger partial charge in [0.1, 0.15) is 5.82 Å². The predicted octanol–water partition coefficient (Wildman–Crippen LogP) is 2.87. The van der Waals surface area contributed by atoms with Crippen molar-refractivity contribution in [3.8, 4) is 0 Å². The number of hydrogen-bond acceptors (Lipinski definition) is 3. The van der Waals surface area contributed by atoms with Gasteiger partial charge in [0.2, 0.25) is 0 Å². The number of benzene rings is 1. The van der Waals surface area contributed by atoms with Crippen LogP contribution in [0, 0.1) is 17.7 Å². The van der Waals surface area contributed by atoms with Crippen molar-refractivity contribution in [2.75, 3.05) is 5.32 Å². The molecule has 0 aromatic heterocycles. The van der Waals surface area contributed by atoms with Crippen LogP contribution >= 0.6 is 0 Å². The molecular formula is C13H15FN2O. The Morgan fingerprint density at radius 1 is 1.29 bits per heavy atom. The van der Waals surface area contributed by atoms with Crippen LogP contribution in [0.3, 0.4) is 0 Å². The number of fused-ring (bicyclic) bond motifs is 2. The van der Waals surface area contributed by atoms with Gasteiger partial charge in [0.05, 0.1) is 17.4 Å². The molecule has 3 atom stereocenters. The third-order valence-electron chi connectivity index (χ3n) is 3.98. The molecule has 0 aliphatic heterocycles. The Hall–Kier alpha value is -1.58. The zero-order chi connectivity index (χ0) is 11.8. The first-order valence-corrected chi connectivity index (χ1v) is 6.02. The Balaban J connectivity index is 1.84. The Kier molecular flexibility index (Phi) is 2.50. The van der Waals surface area contributed by atoms with E-state index in [0.717, 1.165) is 25.0 Å². The molecule has 2 aliphatic carbocycles. The minimum atomic E-state index is -0.257. The van der Waals surface area contributed by atoms with Gasteiger partial charge in [-0.25, -0.2) is 4.39 Å². The van der Waals surface area contributed by atoms with Crippen LogP contribution in [0.1, 0.15) is 19.3 Å². The maximum Gasteiger partial charge on any atom is 0.146 e. The highest BCUT2D eigenvalue weighted by molar-refractivity contribution is 5.96. The fraction of sp³-hybridized carbons (Fsp3) is 0.462. The van der Waals surface area contributed by atoms with E-state index >= 15 is 0 Å². The monoisotopic (exact) mass is 234 g/mol. The maximum atomic E-state index is 13.6. The Morgan fingerprint density at radius 2 is 2.12 bits per heavy atom. The van der Waals surface area contributed by atoms with E-state index in [1.807, 2.05) is 0 Å². The summed E-state index contributed by atoms with van der Waals surface area (Å²) < 4.78 is 13.6. The quantitative estimate of drug-likeness (QED) is 0.610. The lowest BCUT2D eigenvalue weighted by Gasteiger charge is -2.25. The smallest absolute Gasteiger partial charge is 0.146 e. The van der Waals surface area contributed by atoms with Crippen LogP contribution in [0.15, 0.2) is 29.4 Å². The van der Waals surface area contributed by atoms with E-state index in [2.05, 4.69) is 10.5 Å². The van der Waals surface area contributed by atoms with Gasteiger partial charge in [-0.05, 0) is 37.3 Å². The molecule has 0 spiro atoms. The van der Waals surface area contributed by atoms with Crippen molar-refractivity contribution in [3.05, 3.63) is 30.1 Å². The second kappa shape index (κ2) is 4.02. The van der Waals surface area contributed by atoms with Crippen molar-refractivity contribution >= 4 is 11.4 Å². The summed E-state index contributed by atoms with van der Waals surface area (Å²) in [5, 5.41) is 15.6. The van der Waals surface area contributed by atoms with Crippen LogP contribution in [-0.2, 0) is 0 Å². The highest BCUT2D eigenvalue weighted by Crippen LogP contribution is 2.44. The molecule has 0 heterocycles. The van der Waals surface area contributed by atoms with Crippen LogP contribution in [0.4, 0.5) is 10.1 Å². The molecule has 0 amide bonds. The summed E-state index contributed by atoms with van der Waals surface area (Å²) in [6, 6.07) is 6.62. The maximum absolute atomic E-state index is 13.6. The molecular weight excluding hydrogens is 219 g/mol. The van der Waals surface area contributed by atoms with Crippen molar-refractivity contribution in [1.29, 1.82) is 0 Å². The SMILES string of the molecule is ON=C1C2CCC(C2)C1Nc1ccccc1F. The van der Waals surface area contributed by atoms with E-state index in [9.17, 15) is 4.39 Å². The predicted molar refractivity (Wildman–Crippen MR) is 63.9 cm³/mol. The van der Waals surface area contributed by atoms with Gasteiger partial charge in [-0.1, -0.05) is 17.3 Å². The molecule has 3 rings (SSSR count). The van der Waals surface area contributed by atoms with E-state index in [0.29, 0.717) is 17.5 Å². The fourth-order valence-corrected chi connectivity index (χ4v) is 3.16. The first-order chi connectivity index (χ1) is 8.29. The van der Waals surface area contributed by atoms with Crippen LogP contribution < -0.4 is 5.32 Å². The first-order valence-electron chi connectivity index (χ1n) is 6.02. The van der Waals surface area contributed by atoms with Gasteiger partial charge >= 0.3 is 0 Å². The number of para-hydroxylation sites is 1. The molecule has 2 saturated carbocycles. The molecule has 2 N–H and O–H groups in total. The van der Waals surface area contributed by atoms with Crippen molar-refractivity contribution < 1.29 is 9.60 Å². The topological polar surface area (TPSA) is 44.6 Å². The highest BCUT2D eigenvalue weighted by atomic mass is 19.1. The molecule has 90 valence electrons. The zero-order valence-electron chi connectivity index (χ0n) is 9.44. The summed E-state index contributed by atoms with van der Waals surface area (Å²) in [6.45, 7) is 0. The minimum Gasteiger partial charge on any atom is -0.411 e. The van der Waals surface area contributed by atoms with Gasteiger partial charge in [0.15, 0.2) is 0 Å². The van der Waals surface area contributed by atoms with Crippen LogP contribution in [0.2, 0.25) is 0 Å². The summed E-state index contributed by atoms with van der Waals surface area (Å²) >= 11 is 0. The van der Waals surface area contributed by atoms with Crippen LogP contribution in [0.25, 0.3) is 0 Å². The molecule has 3 nitrogen and oxygen atoms in total. The van der Waals surface area contributed by atoms with Gasteiger partial charge in [0, 0.05) is 5.92 Å². The largest absolute Gasteiger partial charge is 0.411 e. The van der Waals surface area contributed by atoms with Gasteiger partial charge in [-0.3, -0.25) is 0 Å². The first kappa shape index (κ1) is 10.6. The second-order valence-corrected chi connectivity index (χ2v) is 4.90. The Bertz CT molecular complexity index is 460. The lowest BCUT2D eigenvalue weighted by atomic mass is 9.93. The second-order valence-electron chi connectivity index (χ2n) is 4.90. The van der Waals surface area contributed by atoms with E-state index < -0.39 is 0 Å². The summed E-state index contributed by atoms with van der Waals surface area (Å²) in [5.41, 5.74) is 1.29. The van der Waals surface area contributed by atoms with E-state index in [4.69, 9.17) is 5.21 Å². The van der Waals surface area contributed by atoms with E-state index in [-0.39, 0.29) is 11.9 Å². The van der Waals surface area contributed by atoms with E-state index in [1.54, 1.807) is 18.2 Å². The molecule has 2 aliphatic rings. The molecule has 17 heavy (non-hydrogen) atoms. The van der Waals surface area contributed by atoms with E-state index in [1.165, 1.54) is 6.07 Å². The number of oxime groups is 1. The van der Waals surface area contributed by atoms with Crippen molar-refractivity contribution in [1.82, 2.24) is 0 Å². The molecule has 3 unspecified atom stereocenters. The van der Waals surface area contributed by atoms with Crippen LogP contribution in [0.5, 0.6) is 0 Å². The lowest BCUT2D eigenvalue weighted by molar-refractivity contribution is 0.312. The normalized spacial score (nSPS) is 33.2. The average molecular weight is 234 g/mol. The molecule has 1 aromatic carbocycles. The summed E-state index contributed by atoms with van der Waals surface area (Å²) in [5.74, 6) is 0.604. The highest BCUT2D eigenvalue weighted by Gasteiger charge is 2.45. The fourth-order valence-electron chi connectivity index (χ4n) is 3.16. The molecule has 0 saturated heterocycles. The Labute approximate surface area is 99.3 Å². The van der Waals surface area contributed by atoms with Gasteiger partial charge in [-0.2, -0.15) is 0 Å². The lowest BCUT2D eigenvalue weighted by Crippen LogP contribution is -2.35. The number of anilines is 1. The van der Waals surface area contributed by atoms with Crippen molar-refractivity contribution in [2.24, 2.45) is 17.0 Å². The summed E-state index contributed by atoms with van der Waals surface area (Å²) in [4.78, 5) is 0. The Morgan fingerprint density at radius 3 is 2.88 bits per heavy atom. The van der Waals surface area contributed by atoms with Gasteiger partial charge in [-0.15, -0.1) is 0 Å². The summed E-state index contributed by atoms with van der Waals surface area (Å²) in [6.07, 6.45) is 3.29. The third kappa shape index (κ3) is 1.68. The molecule has 2 fully saturated rings. The summed E-state index contributed by atoms with van der Waals surface area (Å²) in [7, 11) is 0. The number of halogens is 1. The number of nitrogens with zero attached hydrogens (tertiary/aromatic N) is 1. The van der Waals surface area contributed by atoms with Gasteiger partial charge in [0.25, 0.3) is 0 Å². The van der Waals surface area contributed by atoms with Crippen LogP contribution in [-0.4, -0.2) is 17.0 Å². The van der Waals surface area contributed by atoms with Gasteiger partial charge < -0.3 is 10.5 Å². The average Bonchev–Trinajstić information content (AvgIpc) is 2.92. The van der Waals surface area contributed by atoms with Crippen molar-refractivity contribution in [2.45, 2.75) is 25.3 Å². The number of rotatable bonds is 2. The number of nitrogens with one attached hydrogen (secondary N) is 1.